The molecule has 3 aromatic rings. The maximum absolute atomic E-state index is 13.4. The third-order valence-electron chi connectivity index (χ3n) is 6.35. The first-order valence-electron chi connectivity index (χ1n) is 12.2. The molecule has 0 saturated carbocycles. The van der Waals surface area contributed by atoms with E-state index in [-0.39, 0.29) is 11.3 Å². The number of aliphatic hydroxyl groups is 1. The second-order valence-corrected chi connectivity index (χ2v) is 8.66. The molecule has 5 heteroatoms. The van der Waals surface area contributed by atoms with Crippen molar-refractivity contribution in [1.82, 2.24) is 0 Å². The van der Waals surface area contributed by atoms with Crippen molar-refractivity contribution >= 4 is 23.1 Å². The van der Waals surface area contributed by atoms with E-state index >= 15 is 0 Å². The number of benzene rings is 3. The van der Waals surface area contributed by atoms with Crippen LogP contribution < -0.4 is 9.64 Å². The van der Waals surface area contributed by atoms with Gasteiger partial charge in [-0.2, -0.15) is 0 Å². The molecule has 0 bridgehead atoms. The number of aryl methyl sites for hydroxylation is 2. The molecule has 1 saturated heterocycles. The summed E-state index contributed by atoms with van der Waals surface area (Å²) in [5.41, 5.74) is 4.17. The molecule has 0 radical (unpaired) electrons. The van der Waals surface area contributed by atoms with E-state index in [0.717, 1.165) is 36.0 Å². The number of ether oxygens (including phenoxy) is 1. The van der Waals surface area contributed by atoms with Gasteiger partial charge in [-0.15, -0.1) is 0 Å². The van der Waals surface area contributed by atoms with Crippen LogP contribution in [0.25, 0.3) is 5.76 Å². The normalized spacial score (nSPS) is 17.1. The van der Waals surface area contributed by atoms with Gasteiger partial charge in [0, 0.05) is 17.3 Å². The van der Waals surface area contributed by atoms with Gasteiger partial charge in [0.1, 0.15) is 11.5 Å². The summed E-state index contributed by atoms with van der Waals surface area (Å²) in [6, 6.07) is 21.7. The summed E-state index contributed by atoms with van der Waals surface area (Å²) >= 11 is 0. The molecule has 1 amide bonds. The highest BCUT2D eigenvalue weighted by atomic mass is 16.5. The third kappa shape index (κ3) is 4.85. The summed E-state index contributed by atoms with van der Waals surface area (Å²) in [6.45, 7) is 6.70. The second-order valence-electron chi connectivity index (χ2n) is 8.66. The summed E-state index contributed by atoms with van der Waals surface area (Å²) in [6.07, 6.45) is 2.60. The zero-order valence-electron chi connectivity index (χ0n) is 20.5. The number of rotatable bonds is 8. The van der Waals surface area contributed by atoms with Crippen molar-refractivity contribution in [3.63, 3.8) is 0 Å². The summed E-state index contributed by atoms with van der Waals surface area (Å²) in [5, 5.41) is 11.3. The van der Waals surface area contributed by atoms with E-state index < -0.39 is 17.7 Å². The number of hydrogen-bond acceptors (Lipinski definition) is 4. The summed E-state index contributed by atoms with van der Waals surface area (Å²) in [7, 11) is 0. The van der Waals surface area contributed by atoms with Crippen molar-refractivity contribution in [2.45, 2.75) is 46.1 Å². The Balaban J connectivity index is 1.87. The standard InChI is InChI=1S/C30H31NO4/c1-4-18-35-25-9-7-8-24(19-25)31-27(22-14-10-20(5-2)11-15-22)26(29(33)30(31)34)28(32)23-16-12-21(6-3)13-17-23/h7-17,19,27,32H,4-6,18H2,1-3H3/b28-26+. The van der Waals surface area contributed by atoms with E-state index in [1.165, 1.54) is 4.90 Å². The lowest BCUT2D eigenvalue weighted by molar-refractivity contribution is -0.132. The van der Waals surface area contributed by atoms with Crippen LogP contribution >= 0.6 is 0 Å². The van der Waals surface area contributed by atoms with Crippen LogP contribution in [0.2, 0.25) is 0 Å². The van der Waals surface area contributed by atoms with E-state index in [0.29, 0.717) is 23.6 Å². The summed E-state index contributed by atoms with van der Waals surface area (Å²) in [5.74, 6) is -0.918. The molecule has 180 valence electrons. The highest BCUT2D eigenvalue weighted by molar-refractivity contribution is 6.51. The summed E-state index contributed by atoms with van der Waals surface area (Å²) in [4.78, 5) is 28.2. The first-order chi connectivity index (χ1) is 17.0. The van der Waals surface area contributed by atoms with Crippen molar-refractivity contribution in [1.29, 1.82) is 0 Å². The Morgan fingerprint density at radius 1 is 0.886 bits per heavy atom. The molecule has 1 atom stereocenters. The predicted octanol–water partition coefficient (Wildman–Crippen LogP) is 6.23. The molecule has 0 aromatic heterocycles. The number of carbonyl (C=O) groups excluding carboxylic acids is 2. The van der Waals surface area contributed by atoms with Gasteiger partial charge < -0.3 is 9.84 Å². The van der Waals surface area contributed by atoms with Crippen LogP contribution in [0, 0.1) is 0 Å². The Morgan fingerprint density at radius 2 is 1.51 bits per heavy atom. The molecule has 1 heterocycles. The maximum Gasteiger partial charge on any atom is 0.300 e. The lowest BCUT2D eigenvalue weighted by Crippen LogP contribution is -2.29. The molecule has 0 spiro atoms. The topological polar surface area (TPSA) is 66.8 Å². The van der Waals surface area contributed by atoms with Crippen LogP contribution in [-0.2, 0) is 22.4 Å². The smallest absolute Gasteiger partial charge is 0.300 e. The molecular formula is C30H31NO4. The average molecular weight is 470 g/mol. The van der Waals surface area contributed by atoms with E-state index in [4.69, 9.17) is 4.74 Å². The van der Waals surface area contributed by atoms with Crippen molar-refractivity contribution in [3.8, 4) is 5.75 Å². The highest BCUT2D eigenvalue weighted by Gasteiger charge is 2.47. The van der Waals surface area contributed by atoms with Gasteiger partial charge in [-0.1, -0.05) is 75.4 Å². The number of ketones is 1. The monoisotopic (exact) mass is 469 g/mol. The molecule has 4 rings (SSSR count). The summed E-state index contributed by atoms with van der Waals surface area (Å²) < 4.78 is 5.77. The van der Waals surface area contributed by atoms with E-state index in [9.17, 15) is 14.7 Å². The Morgan fingerprint density at radius 3 is 2.11 bits per heavy atom. The largest absolute Gasteiger partial charge is 0.507 e. The van der Waals surface area contributed by atoms with Gasteiger partial charge in [0.25, 0.3) is 11.7 Å². The number of hydrogen-bond donors (Lipinski definition) is 1. The van der Waals surface area contributed by atoms with Crippen LogP contribution in [0.4, 0.5) is 5.69 Å². The Hall–Kier alpha value is -3.86. The molecule has 0 aliphatic carbocycles. The van der Waals surface area contributed by atoms with Crippen molar-refractivity contribution in [3.05, 3.63) is 101 Å². The number of Topliss-reactive ketones (excluding diaryl/α,β-unsaturated/α-hetero) is 1. The van der Waals surface area contributed by atoms with E-state index in [1.807, 2.05) is 49.4 Å². The maximum atomic E-state index is 13.4. The lowest BCUT2D eigenvalue weighted by atomic mass is 9.94. The van der Waals surface area contributed by atoms with Crippen LogP contribution in [0.3, 0.4) is 0 Å². The predicted molar refractivity (Wildman–Crippen MR) is 139 cm³/mol. The molecule has 1 fully saturated rings. The van der Waals surface area contributed by atoms with Crippen molar-refractivity contribution < 1.29 is 19.4 Å². The first-order valence-corrected chi connectivity index (χ1v) is 12.2. The molecule has 3 aromatic carbocycles. The molecule has 1 N–H and O–H groups in total. The van der Waals surface area contributed by atoms with Crippen molar-refractivity contribution in [2.75, 3.05) is 11.5 Å². The highest BCUT2D eigenvalue weighted by Crippen LogP contribution is 2.42. The molecular weight excluding hydrogens is 438 g/mol. The minimum absolute atomic E-state index is 0.0865. The van der Waals surface area contributed by atoms with Gasteiger partial charge in [-0.25, -0.2) is 0 Å². The first kappa shape index (κ1) is 24.3. The number of amides is 1. The quantitative estimate of drug-likeness (QED) is 0.241. The minimum Gasteiger partial charge on any atom is -0.507 e. The third-order valence-corrected chi connectivity index (χ3v) is 6.35. The number of aliphatic hydroxyl groups excluding tert-OH is 1. The van der Waals surface area contributed by atoms with Crippen LogP contribution in [0.5, 0.6) is 5.75 Å². The van der Waals surface area contributed by atoms with Crippen LogP contribution in [0.15, 0.2) is 78.4 Å². The van der Waals surface area contributed by atoms with E-state index in [2.05, 4.69) is 13.8 Å². The molecule has 35 heavy (non-hydrogen) atoms. The zero-order valence-corrected chi connectivity index (χ0v) is 20.5. The fraction of sp³-hybridized carbons (Fsp3) is 0.267. The fourth-order valence-electron chi connectivity index (χ4n) is 4.35. The van der Waals surface area contributed by atoms with Gasteiger partial charge >= 0.3 is 0 Å². The van der Waals surface area contributed by atoms with E-state index in [1.54, 1.807) is 30.3 Å². The number of carbonyl (C=O) groups is 2. The zero-order chi connectivity index (χ0) is 24.9. The molecule has 1 unspecified atom stereocenters. The Bertz CT molecular complexity index is 1240. The SMILES string of the molecule is CCCOc1cccc(N2C(=O)C(=O)/C(=C(/O)c3ccc(CC)cc3)C2c2ccc(CC)cc2)c1. The van der Waals surface area contributed by atoms with Crippen molar-refractivity contribution in [2.24, 2.45) is 0 Å². The van der Waals surface area contributed by atoms with Crippen LogP contribution in [0.1, 0.15) is 55.5 Å². The number of anilines is 1. The molecule has 5 nitrogen and oxygen atoms in total. The Kier molecular flexibility index (Phi) is 7.35. The lowest BCUT2D eigenvalue weighted by Gasteiger charge is -2.26. The van der Waals surface area contributed by atoms with Gasteiger partial charge in [-0.05, 0) is 48.1 Å². The second kappa shape index (κ2) is 10.6. The van der Waals surface area contributed by atoms with Gasteiger partial charge in [0.05, 0.1) is 18.2 Å². The molecule has 1 aliphatic rings. The Labute approximate surface area is 206 Å². The van der Waals surface area contributed by atoms with Gasteiger partial charge in [-0.3, -0.25) is 14.5 Å². The fourth-order valence-corrected chi connectivity index (χ4v) is 4.35. The minimum atomic E-state index is -0.756. The van der Waals surface area contributed by atoms with Gasteiger partial charge in [0.2, 0.25) is 0 Å². The average Bonchev–Trinajstić information content (AvgIpc) is 3.17. The van der Waals surface area contributed by atoms with Gasteiger partial charge in [0.15, 0.2) is 0 Å². The molecule has 1 aliphatic heterocycles. The van der Waals surface area contributed by atoms with Crippen LogP contribution in [-0.4, -0.2) is 23.4 Å². The number of nitrogens with zero attached hydrogens (tertiary/aromatic N) is 1.